The molecule has 0 aromatic carbocycles. The van der Waals surface area contributed by atoms with Gasteiger partial charge in [0.05, 0.1) is 35.6 Å². The van der Waals surface area contributed by atoms with Gasteiger partial charge in [-0.3, -0.25) is 9.59 Å². The molecule has 3 aromatic rings. The molecule has 0 unspecified atom stereocenters. The average molecular weight is 535 g/mol. The molecule has 0 spiro atoms. The topological polar surface area (TPSA) is 131 Å². The number of aromatic amines is 1. The molecule has 0 atom stereocenters. The fourth-order valence-corrected chi connectivity index (χ4v) is 5.67. The lowest BCUT2D eigenvalue weighted by atomic mass is 10.1. The first-order chi connectivity index (χ1) is 16.9. The van der Waals surface area contributed by atoms with Gasteiger partial charge in [0.25, 0.3) is 11.5 Å². The minimum absolute atomic E-state index is 0.106. The molecule has 12 heteroatoms. The summed E-state index contributed by atoms with van der Waals surface area (Å²) in [5.74, 6) is -1.10. The number of rotatable bonds is 9. The van der Waals surface area contributed by atoms with Crippen LogP contribution < -0.4 is 10.9 Å². The van der Waals surface area contributed by atoms with Crippen LogP contribution in [0.1, 0.15) is 67.4 Å². The number of nitrogens with one attached hydrogen (secondary N) is 2. The maximum absolute atomic E-state index is 13.3. The number of ether oxygens (including phenoxy) is 2. The largest absolute Gasteiger partial charge is 0.462 e. The van der Waals surface area contributed by atoms with Crippen molar-refractivity contribution in [3.8, 4) is 0 Å². The third-order valence-electron chi connectivity index (χ3n) is 5.11. The van der Waals surface area contributed by atoms with Crippen molar-refractivity contribution in [3.63, 3.8) is 0 Å². The first-order valence-corrected chi connectivity index (χ1v) is 13.0. The number of carbonyl (C=O) groups excluding carboxylic acids is 3. The molecule has 1 amide bonds. The van der Waals surface area contributed by atoms with Crippen LogP contribution in [0.15, 0.2) is 4.79 Å². The van der Waals surface area contributed by atoms with Gasteiger partial charge in [0.2, 0.25) is 0 Å². The minimum Gasteiger partial charge on any atom is -0.462 e. The predicted octanol–water partition coefficient (Wildman–Crippen LogP) is 3.97. The van der Waals surface area contributed by atoms with E-state index in [0.717, 1.165) is 22.7 Å². The predicted molar refractivity (Wildman–Crippen MR) is 140 cm³/mol. The number of aryl methyl sites for hydroxylation is 1. The van der Waals surface area contributed by atoms with Gasteiger partial charge in [0, 0.05) is 0 Å². The van der Waals surface area contributed by atoms with E-state index in [1.807, 2.05) is 32.8 Å². The zero-order valence-corrected chi connectivity index (χ0v) is 23.0. The summed E-state index contributed by atoms with van der Waals surface area (Å²) in [6.07, 6.45) is 0. The van der Waals surface area contributed by atoms with Gasteiger partial charge in [-0.25, -0.2) is 14.6 Å². The second-order valence-corrected chi connectivity index (χ2v) is 10.9. The molecule has 194 valence electrons. The van der Waals surface area contributed by atoms with Crippen LogP contribution in [-0.2, 0) is 16.0 Å². The number of hydrogen-bond donors (Lipinski definition) is 2. The highest BCUT2D eigenvalue weighted by atomic mass is 32.1. The molecular weight excluding hydrogens is 504 g/mol. The highest BCUT2D eigenvalue weighted by Crippen LogP contribution is 2.36. The fraction of sp³-hybridized carbons (Fsp3) is 0.458. The monoisotopic (exact) mass is 534 g/mol. The zero-order valence-electron chi connectivity index (χ0n) is 21.4. The third kappa shape index (κ3) is 5.82. The van der Waals surface area contributed by atoms with Crippen molar-refractivity contribution in [1.29, 1.82) is 0 Å². The third-order valence-corrected chi connectivity index (χ3v) is 7.48. The highest BCUT2D eigenvalue weighted by molar-refractivity contribution is 7.21. The van der Waals surface area contributed by atoms with Crippen LogP contribution in [0, 0.1) is 19.8 Å². The molecule has 0 saturated heterocycles. The Balaban J connectivity index is 2.00. The van der Waals surface area contributed by atoms with E-state index in [4.69, 9.17) is 9.47 Å². The summed E-state index contributed by atoms with van der Waals surface area (Å²) in [5, 5.41) is 3.27. The standard InChI is InChI=1S/C24H30N4O6S2/c1-8-33-23(31)16-13(5)18(24(32)34-10-11(2)3)36-22(16)27-20(30)17-12(4)15-19(29)25-14(9-28(6)7)26-21(15)35-17/h11H,8-10H2,1-7H3,(H,27,30)(H,25,26,29). The highest BCUT2D eigenvalue weighted by Gasteiger charge is 2.29. The molecule has 0 aliphatic heterocycles. The van der Waals surface area contributed by atoms with Crippen molar-refractivity contribution in [2.45, 2.75) is 41.2 Å². The normalized spacial score (nSPS) is 11.4. The summed E-state index contributed by atoms with van der Waals surface area (Å²) in [6.45, 7) is 9.60. The molecule has 0 aliphatic carbocycles. The summed E-state index contributed by atoms with van der Waals surface area (Å²) in [6, 6.07) is 0. The van der Waals surface area contributed by atoms with Gasteiger partial charge in [-0.15, -0.1) is 22.7 Å². The van der Waals surface area contributed by atoms with Crippen LogP contribution in [0.3, 0.4) is 0 Å². The van der Waals surface area contributed by atoms with E-state index in [0.29, 0.717) is 33.7 Å². The van der Waals surface area contributed by atoms with Crippen LogP contribution in [0.2, 0.25) is 0 Å². The Kier molecular flexibility index (Phi) is 8.64. The summed E-state index contributed by atoms with van der Waals surface area (Å²) >= 11 is 2.05. The maximum atomic E-state index is 13.3. The van der Waals surface area contributed by atoms with E-state index < -0.39 is 17.8 Å². The summed E-state index contributed by atoms with van der Waals surface area (Å²) in [7, 11) is 3.72. The first kappa shape index (κ1) is 27.5. The lowest BCUT2D eigenvalue weighted by Gasteiger charge is -2.07. The van der Waals surface area contributed by atoms with E-state index in [-0.39, 0.29) is 45.0 Å². The number of H-pyrrole nitrogens is 1. The molecule has 36 heavy (non-hydrogen) atoms. The average Bonchev–Trinajstić information content (AvgIpc) is 3.28. The number of aromatic nitrogens is 2. The number of anilines is 1. The van der Waals surface area contributed by atoms with Crippen molar-refractivity contribution in [2.75, 3.05) is 32.6 Å². The molecular formula is C24H30N4O6S2. The number of amides is 1. The number of hydrogen-bond acceptors (Lipinski definition) is 10. The Bertz CT molecular complexity index is 1370. The van der Waals surface area contributed by atoms with E-state index >= 15 is 0 Å². The summed E-state index contributed by atoms with van der Waals surface area (Å²) in [5.41, 5.74) is 0.649. The van der Waals surface area contributed by atoms with Crippen LogP contribution >= 0.6 is 22.7 Å². The van der Waals surface area contributed by atoms with Crippen LogP contribution in [0.25, 0.3) is 10.2 Å². The molecule has 0 bridgehead atoms. The molecule has 0 fully saturated rings. The minimum atomic E-state index is -0.649. The van der Waals surface area contributed by atoms with E-state index in [1.54, 1.807) is 20.8 Å². The maximum Gasteiger partial charge on any atom is 0.348 e. The van der Waals surface area contributed by atoms with Crippen molar-refractivity contribution in [1.82, 2.24) is 14.9 Å². The molecule has 3 rings (SSSR count). The van der Waals surface area contributed by atoms with Gasteiger partial charge < -0.3 is 24.7 Å². The second-order valence-electron chi connectivity index (χ2n) is 8.91. The SMILES string of the molecule is CCOC(=O)c1c(NC(=O)c2sc3nc(CN(C)C)[nH]c(=O)c3c2C)sc(C(=O)OCC(C)C)c1C. The van der Waals surface area contributed by atoms with Crippen molar-refractivity contribution in [3.05, 3.63) is 42.6 Å². The fourth-order valence-electron chi connectivity index (χ4n) is 3.49. The number of thiophene rings is 2. The molecule has 0 aliphatic rings. The van der Waals surface area contributed by atoms with Crippen LogP contribution in [0.5, 0.6) is 0 Å². The number of esters is 2. The lowest BCUT2D eigenvalue weighted by Crippen LogP contribution is -2.18. The molecule has 10 nitrogen and oxygen atoms in total. The van der Waals surface area contributed by atoms with Gasteiger partial charge in [-0.05, 0) is 51.9 Å². The Labute approximate surface area is 216 Å². The van der Waals surface area contributed by atoms with Crippen LogP contribution in [-0.4, -0.2) is 60.0 Å². The van der Waals surface area contributed by atoms with E-state index in [2.05, 4.69) is 15.3 Å². The van der Waals surface area contributed by atoms with E-state index in [1.165, 1.54) is 0 Å². The first-order valence-electron chi connectivity index (χ1n) is 11.4. The molecule has 0 saturated carbocycles. The van der Waals surface area contributed by atoms with Gasteiger partial charge >= 0.3 is 11.9 Å². The van der Waals surface area contributed by atoms with Gasteiger partial charge in [-0.1, -0.05) is 13.8 Å². The number of fused-ring (bicyclic) bond motifs is 1. The number of carbonyl (C=O) groups is 3. The smallest absolute Gasteiger partial charge is 0.348 e. The second kappa shape index (κ2) is 11.3. The quantitative estimate of drug-likeness (QED) is 0.395. The zero-order chi connectivity index (χ0) is 26.7. The number of nitrogens with zero attached hydrogens (tertiary/aromatic N) is 2. The van der Waals surface area contributed by atoms with Gasteiger partial charge in [-0.2, -0.15) is 0 Å². The van der Waals surface area contributed by atoms with Crippen molar-refractivity contribution >= 4 is 55.7 Å². The van der Waals surface area contributed by atoms with Gasteiger partial charge in [0.15, 0.2) is 0 Å². The Hall–Kier alpha value is -3.09. The Morgan fingerprint density at radius 3 is 2.36 bits per heavy atom. The van der Waals surface area contributed by atoms with Crippen molar-refractivity contribution < 1.29 is 23.9 Å². The van der Waals surface area contributed by atoms with E-state index in [9.17, 15) is 19.2 Å². The van der Waals surface area contributed by atoms with Crippen LogP contribution in [0.4, 0.5) is 5.00 Å². The van der Waals surface area contributed by atoms with Gasteiger partial charge in [0.1, 0.15) is 20.5 Å². The molecule has 2 N–H and O–H groups in total. The molecule has 0 radical (unpaired) electrons. The van der Waals surface area contributed by atoms with Crippen molar-refractivity contribution in [2.24, 2.45) is 5.92 Å². The Morgan fingerprint density at radius 1 is 1.06 bits per heavy atom. The summed E-state index contributed by atoms with van der Waals surface area (Å²) < 4.78 is 10.5. The Morgan fingerprint density at radius 2 is 1.75 bits per heavy atom. The lowest BCUT2D eigenvalue weighted by molar-refractivity contribution is 0.0464. The summed E-state index contributed by atoms with van der Waals surface area (Å²) in [4.78, 5) is 61.5. The molecule has 3 aromatic heterocycles. The molecule has 3 heterocycles.